The molecule has 0 radical (unpaired) electrons. The first kappa shape index (κ1) is 15.7. The van der Waals surface area contributed by atoms with Gasteiger partial charge in [-0.3, -0.25) is 4.79 Å². The summed E-state index contributed by atoms with van der Waals surface area (Å²) in [6.07, 6.45) is 4.72. The first-order valence-corrected chi connectivity index (χ1v) is 7.67. The lowest BCUT2D eigenvalue weighted by atomic mass is 9.90. The molecule has 0 bridgehead atoms. The van der Waals surface area contributed by atoms with Crippen molar-refractivity contribution in [1.29, 1.82) is 0 Å². The number of rotatable bonds is 5. The minimum Gasteiger partial charge on any atom is -0.355 e. The van der Waals surface area contributed by atoms with Crippen LogP contribution >= 0.6 is 0 Å². The van der Waals surface area contributed by atoms with E-state index in [2.05, 4.69) is 39.7 Å². The number of hydrogen-bond acceptors (Lipinski definition) is 5. The molecule has 1 fully saturated rings. The molecule has 0 atom stereocenters. The zero-order valence-electron chi connectivity index (χ0n) is 13.1. The van der Waals surface area contributed by atoms with E-state index in [-0.39, 0.29) is 5.91 Å². The molecule has 2 N–H and O–H groups in total. The maximum absolute atomic E-state index is 11.5. The third kappa shape index (κ3) is 3.91. The van der Waals surface area contributed by atoms with Crippen LogP contribution in [0.3, 0.4) is 0 Å². The number of carbonyl (C=O) groups excluding carboxylic acids is 1. The zero-order chi connectivity index (χ0) is 15.2. The van der Waals surface area contributed by atoms with Crippen LogP contribution in [0.5, 0.6) is 0 Å². The molecule has 116 valence electrons. The van der Waals surface area contributed by atoms with Crippen LogP contribution < -0.4 is 15.5 Å². The van der Waals surface area contributed by atoms with Gasteiger partial charge in [-0.1, -0.05) is 6.92 Å². The van der Waals surface area contributed by atoms with Crippen molar-refractivity contribution < 1.29 is 4.79 Å². The van der Waals surface area contributed by atoms with E-state index in [4.69, 9.17) is 0 Å². The summed E-state index contributed by atoms with van der Waals surface area (Å²) in [5, 5.41) is 14.2. The second-order valence-electron chi connectivity index (χ2n) is 5.53. The maximum Gasteiger partial charge on any atom is 0.271 e. The highest BCUT2D eigenvalue weighted by atomic mass is 16.1. The van der Waals surface area contributed by atoms with E-state index in [1.54, 1.807) is 13.1 Å². The molecule has 2 rings (SSSR count). The van der Waals surface area contributed by atoms with Crippen LogP contribution in [0.4, 0.5) is 5.82 Å². The van der Waals surface area contributed by atoms with E-state index >= 15 is 0 Å². The Bertz CT molecular complexity index is 454. The Balaban J connectivity index is 1.94. The van der Waals surface area contributed by atoms with Crippen molar-refractivity contribution in [2.45, 2.75) is 44.7 Å². The van der Waals surface area contributed by atoms with Crippen LogP contribution in [-0.4, -0.2) is 48.8 Å². The molecule has 0 saturated heterocycles. The van der Waals surface area contributed by atoms with E-state index < -0.39 is 0 Å². The van der Waals surface area contributed by atoms with E-state index in [0.717, 1.165) is 25.2 Å². The molecular weight excluding hydrogens is 266 g/mol. The fourth-order valence-corrected chi connectivity index (χ4v) is 2.91. The van der Waals surface area contributed by atoms with Crippen LogP contribution in [0.1, 0.15) is 43.1 Å². The topological polar surface area (TPSA) is 70.2 Å². The summed E-state index contributed by atoms with van der Waals surface area (Å²) in [6, 6.07) is 4.75. The molecule has 1 heterocycles. The van der Waals surface area contributed by atoms with Crippen molar-refractivity contribution in [3.63, 3.8) is 0 Å². The second-order valence-corrected chi connectivity index (χ2v) is 5.53. The average molecular weight is 291 g/mol. The van der Waals surface area contributed by atoms with Crippen LogP contribution in [0.15, 0.2) is 12.1 Å². The summed E-state index contributed by atoms with van der Waals surface area (Å²) in [6.45, 7) is 3.19. The fourth-order valence-electron chi connectivity index (χ4n) is 2.91. The molecular formula is C15H25N5O. The third-order valence-corrected chi connectivity index (χ3v) is 4.21. The standard InChI is InChI=1S/C15H25N5O/c1-4-17-11-5-7-12(8-6-11)20(3)14-10-9-13(18-19-14)15(21)16-2/h9-12,17H,4-8H2,1-3H3,(H,16,21). The monoisotopic (exact) mass is 291 g/mol. The Kier molecular flexibility index (Phi) is 5.50. The van der Waals surface area contributed by atoms with Crippen molar-refractivity contribution in [1.82, 2.24) is 20.8 Å². The van der Waals surface area contributed by atoms with Crippen molar-refractivity contribution in [3.8, 4) is 0 Å². The SMILES string of the molecule is CCNC1CCC(N(C)c2ccc(C(=O)NC)nn2)CC1. The van der Waals surface area contributed by atoms with Crippen molar-refractivity contribution in [3.05, 3.63) is 17.8 Å². The number of amides is 1. The molecule has 0 spiro atoms. The molecule has 6 heteroatoms. The van der Waals surface area contributed by atoms with E-state index in [1.165, 1.54) is 12.8 Å². The van der Waals surface area contributed by atoms with Gasteiger partial charge in [0.05, 0.1) is 0 Å². The Morgan fingerprint density at radius 3 is 2.52 bits per heavy atom. The quantitative estimate of drug-likeness (QED) is 0.853. The third-order valence-electron chi connectivity index (χ3n) is 4.21. The summed E-state index contributed by atoms with van der Waals surface area (Å²) < 4.78 is 0. The Labute approximate surface area is 126 Å². The van der Waals surface area contributed by atoms with Gasteiger partial charge >= 0.3 is 0 Å². The predicted octanol–water partition coefficient (Wildman–Crippen LogP) is 1.19. The largest absolute Gasteiger partial charge is 0.355 e. The van der Waals surface area contributed by atoms with Crippen molar-refractivity contribution in [2.75, 3.05) is 25.5 Å². The molecule has 1 aromatic heterocycles. The molecule has 0 aliphatic heterocycles. The first-order valence-electron chi connectivity index (χ1n) is 7.67. The van der Waals surface area contributed by atoms with Crippen molar-refractivity contribution >= 4 is 11.7 Å². The maximum atomic E-state index is 11.5. The van der Waals surface area contributed by atoms with Gasteiger partial charge in [0.2, 0.25) is 0 Å². The number of anilines is 1. The minimum atomic E-state index is -0.206. The lowest BCUT2D eigenvalue weighted by molar-refractivity contribution is 0.0957. The van der Waals surface area contributed by atoms with Gasteiger partial charge in [-0.05, 0) is 44.4 Å². The lowest BCUT2D eigenvalue weighted by Crippen LogP contribution is -2.41. The Morgan fingerprint density at radius 1 is 1.29 bits per heavy atom. The van der Waals surface area contributed by atoms with Gasteiger partial charge < -0.3 is 15.5 Å². The van der Waals surface area contributed by atoms with Gasteiger partial charge in [-0.15, -0.1) is 10.2 Å². The van der Waals surface area contributed by atoms with Gasteiger partial charge in [-0.2, -0.15) is 0 Å². The van der Waals surface area contributed by atoms with Gasteiger partial charge in [0.15, 0.2) is 11.5 Å². The van der Waals surface area contributed by atoms with Crippen LogP contribution in [0.25, 0.3) is 0 Å². The van der Waals surface area contributed by atoms with Crippen LogP contribution in [-0.2, 0) is 0 Å². The molecule has 1 saturated carbocycles. The van der Waals surface area contributed by atoms with Gasteiger partial charge in [-0.25, -0.2) is 0 Å². The summed E-state index contributed by atoms with van der Waals surface area (Å²) >= 11 is 0. The summed E-state index contributed by atoms with van der Waals surface area (Å²) in [5.41, 5.74) is 0.352. The molecule has 1 amide bonds. The summed E-state index contributed by atoms with van der Waals surface area (Å²) in [4.78, 5) is 13.6. The highest BCUT2D eigenvalue weighted by Gasteiger charge is 2.24. The second kappa shape index (κ2) is 7.36. The molecule has 0 unspecified atom stereocenters. The first-order chi connectivity index (χ1) is 10.2. The number of carbonyl (C=O) groups is 1. The Morgan fingerprint density at radius 2 is 2.00 bits per heavy atom. The fraction of sp³-hybridized carbons (Fsp3) is 0.667. The lowest BCUT2D eigenvalue weighted by Gasteiger charge is -2.35. The van der Waals surface area contributed by atoms with Gasteiger partial charge in [0, 0.05) is 26.2 Å². The predicted molar refractivity (Wildman–Crippen MR) is 83.5 cm³/mol. The van der Waals surface area contributed by atoms with E-state index in [9.17, 15) is 4.79 Å². The smallest absolute Gasteiger partial charge is 0.271 e. The van der Waals surface area contributed by atoms with Gasteiger partial charge in [0.1, 0.15) is 0 Å². The van der Waals surface area contributed by atoms with E-state index in [1.807, 2.05) is 6.07 Å². The molecule has 21 heavy (non-hydrogen) atoms. The van der Waals surface area contributed by atoms with E-state index in [0.29, 0.717) is 17.8 Å². The summed E-state index contributed by atoms with van der Waals surface area (Å²) in [5.74, 6) is 0.623. The van der Waals surface area contributed by atoms with Crippen LogP contribution in [0, 0.1) is 0 Å². The van der Waals surface area contributed by atoms with Crippen molar-refractivity contribution in [2.24, 2.45) is 0 Å². The minimum absolute atomic E-state index is 0.206. The molecule has 0 aromatic carbocycles. The number of aromatic nitrogens is 2. The van der Waals surface area contributed by atoms with Gasteiger partial charge in [0.25, 0.3) is 5.91 Å². The number of nitrogens with one attached hydrogen (secondary N) is 2. The van der Waals surface area contributed by atoms with Crippen LogP contribution in [0.2, 0.25) is 0 Å². The molecule has 1 aliphatic rings. The normalized spacial score (nSPS) is 21.9. The average Bonchev–Trinajstić information content (AvgIpc) is 2.54. The highest BCUT2D eigenvalue weighted by Crippen LogP contribution is 2.25. The molecule has 6 nitrogen and oxygen atoms in total. The highest BCUT2D eigenvalue weighted by molar-refractivity contribution is 5.91. The molecule has 1 aromatic rings. The number of hydrogen-bond donors (Lipinski definition) is 2. The molecule has 1 aliphatic carbocycles. The Hall–Kier alpha value is -1.69. The summed E-state index contributed by atoms with van der Waals surface area (Å²) in [7, 11) is 3.65. The number of nitrogens with zero attached hydrogens (tertiary/aromatic N) is 3. The zero-order valence-corrected chi connectivity index (χ0v) is 13.1.